The average molecular weight is 344 g/mol. The molecule has 0 saturated heterocycles. The van der Waals surface area contributed by atoms with Gasteiger partial charge in [-0.2, -0.15) is 0 Å². The smallest absolute Gasteiger partial charge is 0.335 e. The normalized spacial score (nSPS) is 10.8. The number of hydrogen-bond acceptors (Lipinski definition) is 3. The molecule has 0 bridgehead atoms. The maximum absolute atomic E-state index is 11.4. The van der Waals surface area contributed by atoms with Gasteiger partial charge in [0.05, 0.1) is 23.7 Å². The molecule has 0 aliphatic heterocycles. The Balaban J connectivity index is 1.82. The second-order valence-corrected chi connectivity index (χ2v) is 5.91. The molecule has 0 fully saturated rings. The van der Waals surface area contributed by atoms with E-state index in [2.05, 4.69) is 4.98 Å². The van der Waals surface area contributed by atoms with Crippen LogP contribution in [0.2, 0.25) is 0 Å². The number of para-hydroxylation sites is 1. The Kier molecular flexibility index (Phi) is 3.89. The van der Waals surface area contributed by atoms with Crippen LogP contribution in [0, 0.1) is 0 Å². The predicted molar refractivity (Wildman–Crippen MR) is 100 cm³/mol. The second kappa shape index (κ2) is 6.37. The minimum atomic E-state index is -0.986. The van der Waals surface area contributed by atoms with Gasteiger partial charge in [0.2, 0.25) is 0 Å². The molecule has 0 spiro atoms. The van der Waals surface area contributed by atoms with Crippen LogP contribution in [-0.4, -0.2) is 27.7 Å². The lowest BCUT2D eigenvalue weighted by Crippen LogP contribution is -1.98. The van der Waals surface area contributed by atoms with Gasteiger partial charge in [-0.1, -0.05) is 24.3 Å². The van der Waals surface area contributed by atoms with Gasteiger partial charge in [-0.15, -0.1) is 0 Å². The molecule has 1 N–H and O–H groups in total. The summed E-state index contributed by atoms with van der Waals surface area (Å²) in [5, 5.41) is 9.31. The summed E-state index contributed by atoms with van der Waals surface area (Å²) in [7, 11) is 1.52. The zero-order valence-electron chi connectivity index (χ0n) is 14.1. The van der Waals surface area contributed by atoms with E-state index in [0.29, 0.717) is 5.75 Å². The van der Waals surface area contributed by atoms with Crippen molar-refractivity contribution in [3.8, 4) is 22.6 Å². The molecule has 4 aromatic rings. The molecule has 0 unspecified atom stereocenters. The minimum absolute atomic E-state index is 0.189. The van der Waals surface area contributed by atoms with E-state index in [1.165, 1.54) is 13.2 Å². The molecule has 128 valence electrons. The first-order valence-corrected chi connectivity index (χ1v) is 8.11. The maximum atomic E-state index is 11.4. The van der Waals surface area contributed by atoms with Crippen molar-refractivity contribution in [3.05, 3.63) is 78.6 Å². The third-order valence-corrected chi connectivity index (χ3v) is 4.30. The molecular formula is C21H16N2O3. The monoisotopic (exact) mass is 344 g/mol. The van der Waals surface area contributed by atoms with Crippen molar-refractivity contribution in [3.63, 3.8) is 0 Å². The predicted octanol–water partition coefficient (Wildman–Crippen LogP) is 4.40. The number of aromatic carboxylic acids is 1. The van der Waals surface area contributed by atoms with Crippen LogP contribution in [0.4, 0.5) is 0 Å². The first kappa shape index (κ1) is 15.9. The number of carboxylic acids is 1. The summed E-state index contributed by atoms with van der Waals surface area (Å²) >= 11 is 0. The molecule has 3 aromatic carbocycles. The Labute approximate surface area is 150 Å². The number of fused-ring (bicyclic) bond motifs is 1. The van der Waals surface area contributed by atoms with Crippen LogP contribution in [0.25, 0.3) is 27.8 Å². The van der Waals surface area contributed by atoms with Crippen molar-refractivity contribution in [2.45, 2.75) is 0 Å². The highest BCUT2D eigenvalue weighted by Gasteiger charge is 2.11. The Morgan fingerprint density at radius 2 is 1.81 bits per heavy atom. The van der Waals surface area contributed by atoms with E-state index in [1.54, 1.807) is 12.4 Å². The van der Waals surface area contributed by atoms with E-state index >= 15 is 0 Å². The Morgan fingerprint density at radius 1 is 1.00 bits per heavy atom. The van der Waals surface area contributed by atoms with Crippen LogP contribution >= 0.6 is 0 Å². The first-order chi connectivity index (χ1) is 12.7. The number of imidazole rings is 1. The molecule has 26 heavy (non-hydrogen) atoms. The molecular weight excluding hydrogens is 328 g/mol. The van der Waals surface area contributed by atoms with Gasteiger partial charge in [0.25, 0.3) is 0 Å². The minimum Gasteiger partial charge on any atom is -0.497 e. The highest BCUT2D eigenvalue weighted by molar-refractivity contribution is 5.91. The average Bonchev–Trinajstić information content (AvgIpc) is 3.11. The van der Waals surface area contributed by atoms with E-state index in [0.717, 1.165) is 27.8 Å². The van der Waals surface area contributed by atoms with Crippen LogP contribution in [-0.2, 0) is 0 Å². The number of ether oxygens (including phenoxy) is 1. The van der Waals surface area contributed by atoms with Gasteiger partial charge in [0.1, 0.15) is 12.1 Å². The number of hydrogen-bond donors (Lipinski definition) is 1. The number of nitrogens with zero attached hydrogens (tertiary/aromatic N) is 2. The molecule has 1 heterocycles. The van der Waals surface area contributed by atoms with Gasteiger partial charge in [-0.05, 0) is 53.6 Å². The van der Waals surface area contributed by atoms with Crippen LogP contribution in [0.3, 0.4) is 0 Å². The molecule has 5 heteroatoms. The van der Waals surface area contributed by atoms with E-state index in [1.807, 2.05) is 59.2 Å². The summed E-state index contributed by atoms with van der Waals surface area (Å²) in [5.74, 6) is -0.477. The molecule has 4 rings (SSSR count). The lowest BCUT2D eigenvalue weighted by Gasteiger charge is -2.08. The summed E-state index contributed by atoms with van der Waals surface area (Å²) in [6, 6.07) is 20.9. The number of carboxylic acid groups (broad SMARTS) is 1. The van der Waals surface area contributed by atoms with Crippen LogP contribution in [0.5, 0.6) is 5.75 Å². The van der Waals surface area contributed by atoms with Crippen LogP contribution in [0.1, 0.15) is 10.4 Å². The molecule has 0 amide bonds. The number of aromatic nitrogens is 2. The lowest BCUT2D eigenvalue weighted by molar-refractivity contribution is 0.0696. The Bertz CT molecular complexity index is 1100. The molecule has 0 aliphatic carbocycles. The number of carbonyl (C=O) groups is 1. The van der Waals surface area contributed by atoms with Gasteiger partial charge in [0.15, 0.2) is 0 Å². The SMILES string of the molecule is COc1cc(C(=O)O)cc(-c2ccc3c(c2)ncn3-c2ccccc2)c1. The van der Waals surface area contributed by atoms with Gasteiger partial charge in [-0.25, -0.2) is 9.78 Å². The van der Waals surface area contributed by atoms with Crippen LogP contribution in [0.15, 0.2) is 73.1 Å². The van der Waals surface area contributed by atoms with Gasteiger partial charge in [0, 0.05) is 5.69 Å². The Hall–Kier alpha value is -3.60. The highest BCUT2D eigenvalue weighted by atomic mass is 16.5. The second-order valence-electron chi connectivity index (χ2n) is 5.91. The fourth-order valence-corrected chi connectivity index (χ4v) is 2.99. The van der Waals surface area contributed by atoms with E-state index in [9.17, 15) is 9.90 Å². The largest absolute Gasteiger partial charge is 0.497 e. The quantitative estimate of drug-likeness (QED) is 0.596. The van der Waals surface area contributed by atoms with Gasteiger partial charge >= 0.3 is 5.97 Å². The summed E-state index contributed by atoms with van der Waals surface area (Å²) in [6.07, 6.45) is 1.79. The third kappa shape index (κ3) is 2.80. The zero-order chi connectivity index (χ0) is 18.1. The van der Waals surface area contributed by atoms with Crippen molar-refractivity contribution < 1.29 is 14.6 Å². The van der Waals surface area contributed by atoms with E-state index in [4.69, 9.17) is 4.74 Å². The number of benzene rings is 3. The Morgan fingerprint density at radius 3 is 2.54 bits per heavy atom. The summed E-state index contributed by atoms with van der Waals surface area (Å²) in [4.78, 5) is 15.9. The summed E-state index contributed by atoms with van der Waals surface area (Å²) < 4.78 is 7.25. The van der Waals surface area contributed by atoms with Crippen molar-refractivity contribution in [2.24, 2.45) is 0 Å². The van der Waals surface area contributed by atoms with E-state index < -0.39 is 5.97 Å². The standard InChI is InChI=1S/C21H16N2O3/c1-26-18-10-15(9-16(11-18)21(24)25)14-7-8-20-19(12-14)22-13-23(20)17-5-3-2-4-6-17/h2-13H,1H3,(H,24,25). The van der Waals surface area contributed by atoms with Crippen molar-refractivity contribution in [1.82, 2.24) is 9.55 Å². The first-order valence-electron chi connectivity index (χ1n) is 8.11. The van der Waals surface area contributed by atoms with Crippen molar-refractivity contribution in [1.29, 1.82) is 0 Å². The number of methoxy groups -OCH3 is 1. The third-order valence-electron chi connectivity index (χ3n) is 4.30. The molecule has 0 saturated carbocycles. The molecule has 0 atom stereocenters. The zero-order valence-corrected chi connectivity index (χ0v) is 14.1. The van der Waals surface area contributed by atoms with E-state index in [-0.39, 0.29) is 5.56 Å². The lowest BCUT2D eigenvalue weighted by atomic mass is 10.0. The van der Waals surface area contributed by atoms with Gasteiger partial charge in [-0.3, -0.25) is 4.57 Å². The van der Waals surface area contributed by atoms with Crippen molar-refractivity contribution in [2.75, 3.05) is 7.11 Å². The summed E-state index contributed by atoms with van der Waals surface area (Å²) in [5.41, 5.74) is 4.72. The van der Waals surface area contributed by atoms with Crippen molar-refractivity contribution >= 4 is 17.0 Å². The maximum Gasteiger partial charge on any atom is 0.335 e. The molecule has 5 nitrogen and oxygen atoms in total. The summed E-state index contributed by atoms with van der Waals surface area (Å²) in [6.45, 7) is 0. The van der Waals surface area contributed by atoms with Crippen LogP contribution < -0.4 is 4.74 Å². The highest BCUT2D eigenvalue weighted by Crippen LogP contribution is 2.29. The topological polar surface area (TPSA) is 64.3 Å². The molecule has 0 radical (unpaired) electrons. The number of rotatable bonds is 4. The fraction of sp³-hybridized carbons (Fsp3) is 0.0476. The fourth-order valence-electron chi connectivity index (χ4n) is 2.99. The molecule has 1 aromatic heterocycles. The molecule has 0 aliphatic rings. The van der Waals surface area contributed by atoms with Gasteiger partial charge < -0.3 is 9.84 Å².